The third-order valence-electron chi connectivity index (χ3n) is 3.96. The van der Waals surface area contributed by atoms with Gasteiger partial charge in [0.25, 0.3) is 5.91 Å². The second-order valence-corrected chi connectivity index (χ2v) is 5.19. The Morgan fingerprint density at radius 3 is 2.81 bits per heavy atom. The van der Waals surface area contributed by atoms with Crippen LogP contribution in [0.4, 0.5) is 0 Å². The van der Waals surface area contributed by atoms with Gasteiger partial charge >= 0.3 is 0 Å². The average Bonchev–Trinajstić information content (AvgIpc) is 2.90. The smallest absolute Gasteiger partial charge is 0.270 e. The van der Waals surface area contributed by atoms with Crippen molar-refractivity contribution in [2.24, 2.45) is 0 Å². The van der Waals surface area contributed by atoms with Crippen LogP contribution in [0.5, 0.6) is 0 Å². The van der Waals surface area contributed by atoms with Crippen LogP contribution < -0.4 is 5.32 Å². The number of hydrogen-bond acceptors (Lipinski definition) is 2. The molecule has 1 saturated heterocycles. The fourth-order valence-electron chi connectivity index (χ4n) is 2.71. The second-order valence-electron chi connectivity index (χ2n) is 5.19. The van der Waals surface area contributed by atoms with Gasteiger partial charge in [-0.25, -0.2) is 0 Å². The number of rotatable bonds is 2. The zero-order chi connectivity index (χ0) is 15.0. The molecule has 0 spiro atoms. The second kappa shape index (κ2) is 5.09. The van der Waals surface area contributed by atoms with E-state index in [4.69, 9.17) is 0 Å². The molecule has 1 unspecified atom stereocenters. The molecule has 2 aromatic rings. The van der Waals surface area contributed by atoms with Gasteiger partial charge in [0.15, 0.2) is 0 Å². The number of para-hydroxylation sites is 1. The number of likely N-dealkylation sites (N-methyl/N-ethyl adjacent to an activating group) is 1. The summed E-state index contributed by atoms with van der Waals surface area (Å²) in [7, 11) is 1.67. The highest BCUT2D eigenvalue weighted by Gasteiger charge is 2.35. The molecule has 0 radical (unpaired) electrons. The number of carbonyl (C=O) groups is 2. The Kier molecular flexibility index (Phi) is 3.25. The molecule has 5 nitrogen and oxygen atoms in total. The summed E-state index contributed by atoms with van der Waals surface area (Å²) < 4.78 is 0. The van der Waals surface area contributed by atoms with E-state index in [-0.39, 0.29) is 11.8 Å². The van der Waals surface area contributed by atoms with Gasteiger partial charge in [-0.1, -0.05) is 24.3 Å². The number of carbonyl (C=O) groups excluding carboxylic acids is 2. The van der Waals surface area contributed by atoms with E-state index in [1.54, 1.807) is 20.0 Å². The fraction of sp³-hybridized carbons (Fsp3) is 0.250. The van der Waals surface area contributed by atoms with Crippen LogP contribution in [-0.2, 0) is 16.0 Å². The van der Waals surface area contributed by atoms with Crippen molar-refractivity contribution in [2.75, 3.05) is 7.05 Å². The fourth-order valence-corrected chi connectivity index (χ4v) is 2.71. The molecule has 0 aliphatic carbocycles. The van der Waals surface area contributed by atoms with Crippen molar-refractivity contribution in [3.8, 4) is 0 Å². The SMILES string of the molecule is C/C=C1/NC(=O)C(Cc2c[nH]c3ccccc23)N(C)C1=O. The molecule has 2 N–H and O–H groups in total. The maximum Gasteiger partial charge on any atom is 0.270 e. The highest BCUT2D eigenvalue weighted by Crippen LogP contribution is 2.22. The van der Waals surface area contributed by atoms with E-state index in [1.165, 1.54) is 4.90 Å². The minimum atomic E-state index is -0.486. The minimum Gasteiger partial charge on any atom is -0.361 e. The molecule has 1 atom stereocenters. The first-order chi connectivity index (χ1) is 10.1. The van der Waals surface area contributed by atoms with E-state index in [0.717, 1.165) is 16.5 Å². The van der Waals surface area contributed by atoms with Crippen molar-refractivity contribution in [3.05, 3.63) is 47.8 Å². The standard InChI is InChI=1S/C16H17N3O2/c1-3-12-16(21)19(2)14(15(20)18-12)8-10-9-17-13-7-5-4-6-11(10)13/h3-7,9,14,17H,8H2,1-2H3,(H,18,20)/b12-3+. The predicted octanol–water partition coefficient (Wildman–Crippen LogP) is 1.57. The lowest BCUT2D eigenvalue weighted by atomic mass is 10.0. The van der Waals surface area contributed by atoms with Crippen LogP contribution in [0.1, 0.15) is 12.5 Å². The first-order valence-corrected chi connectivity index (χ1v) is 6.91. The molecule has 1 aliphatic heterocycles. The monoisotopic (exact) mass is 283 g/mol. The first kappa shape index (κ1) is 13.4. The van der Waals surface area contributed by atoms with Crippen molar-refractivity contribution in [1.29, 1.82) is 0 Å². The number of allylic oxidation sites excluding steroid dienone is 1. The molecule has 108 valence electrons. The Hall–Kier alpha value is -2.56. The molecular formula is C16H17N3O2. The maximum absolute atomic E-state index is 12.2. The minimum absolute atomic E-state index is 0.143. The van der Waals surface area contributed by atoms with Crippen LogP contribution in [0, 0.1) is 0 Å². The summed E-state index contributed by atoms with van der Waals surface area (Å²) in [4.78, 5) is 29.1. The normalized spacial score (nSPS) is 21.1. The number of fused-ring (bicyclic) bond motifs is 1. The van der Waals surface area contributed by atoms with Crippen molar-refractivity contribution in [2.45, 2.75) is 19.4 Å². The van der Waals surface area contributed by atoms with Crippen LogP contribution in [0.2, 0.25) is 0 Å². The van der Waals surface area contributed by atoms with Crippen LogP contribution in [0.25, 0.3) is 10.9 Å². The molecule has 1 fully saturated rings. The zero-order valence-corrected chi connectivity index (χ0v) is 12.0. The molecule has 2 amide bonds. The van der Waals surface area contributed by atoms with Crippen LogP contribution in [-0.4, -0.2) is 34.8 Å². The van der Waals surface area contributed by atoms with Gasteiger partial charge in [0, 0.05) is 30.6 Å². The summed E-state index contributed by atoms with van der Waals surface area (Å²) in [6.45, 7) is 1.74. The molecule has 21 heavy (non-hydrogen) atoms. The third kappa shape index (κ3) is 2.20. The molecule has 2 heterocycles. The Morgan fingerprint density at radius 1 is 1.29 bits per heavy atom. The Bertz CT molecular complexity index is 745. The molecule has 1 aromatic carbocycles. The van der Waals surface area contributed by atoms with E-state index < -0.39 is 6.04 Å². The summed E-state index contributed by atoms with van der Waals surface area (Å²) >= 11 is 0. The molecule has 5 heteroatoms. The number of amides is 2. The van der Waals surface area contributed by atoms with Crippen molar-refractivity contribution < 1.29 is 9.59 Å². The van der Waals surface area contributed by atoms with E-state index >= 15 is 0 Å². The first-order valence-electron chi connectivity index (χ1n) is 6.91. The Labute approximate surface area is 122 Å². The van der Waals surface area contributed by atoms with Gasteiger partial charge in [0.2, 0.25) is 5.91 Å². The van der Waals surface area contributed by atoms with Gasteiger partial charge in [-0.3, -0.25) is 9.59 Å². The lowest BCUT2D eigenvalue weighted by Crippen LogP contribution is -2.56. The predicted molar refractivity (Wildman–Crippen MR) is 80.5 cm³/mol. The molecule has 0 saturated carbocycles. The van der Waals surface area contributed by atoms with Gasteiger partial charge in [-0.15, -0.1) is 0 Å². The lowest BCUT2D eigenvalue weighted by Gasteiger charge is -2.33. The maximum atomic E-state index is 12.2. The number of benzene rings is 1. The van der Waals surface area contributed by atoms with Gasteiger partial charge in [-0.2, -0.15) is 0 Å². The lowest BCUT2D eigenvalue weighted by molar-refractivity contribution is -0.140. The molecule has 1 aromatic heterocycles. The zero-order valence-electron chi connectivity index (χ0n) is 12.0. The highest BCUT2D eigenvalue weighted by atomic mass is 16.2. The number of hydrogen-bond donors (Lipinski definition) is 2. The van der Waals surface area contributed by atoms with Gasteiger partial charge in [0.1, 0.15) is 11.7 Å². The van der Waals surface area contributed by atoms with Crippen LogP contribution >= 0.6 is 0 Å². The van der Waals surface area contributed by atoms with Gasteiger partial charge in [0.05, 0.1) is 0 Å². The topological polar surface area (TPSA) is 65.2 Å². The Morgan fingerprint density at radius 2 is 2.05 bits per heavy atom. The molecule has 1 aliphatic rings. The van der Waals surface area contributed by atoms with E-state index in [0.29, 0.717) is 12.1 Å². The number of H-pyrrole nitrogens is 1. The number of aromatic nitrogens is 1. The van der Waals surface area contributed by atoms with Gasteiger partial charge < -0.3 is 15.2 Å². The number of nitrogens with one attached hydrogen (secondary N) is 2. The summed E-state index contributed by atoms with van der Waals surface area (Å²) in [5, 5.41) is 3.76. The van der Waals surface area contributed by atoms with Crippen molar-refractivity contribution in [3.63, 3.8) is 0 Å². The van der Waals surface area contributed by atoms with Gasteiger partial charge in [-0.05, 0) is 18.6 Å². The largest absolute Gasteiger partial charge is 0.361 e. The molecular weight excluding hydrogens is 266 g/mol. The van der Waals surface area contributed by atoms with E-state index in [1.807, 2.05) is 30.5 Å². The van der Waals surface area contributed by atoms with E-state index in [2.05, 4.69) is 10.3 Å². The van der Waals surface area contributed by atoms with Crippen molar-refractivity contribution in [1.82, 2.24) is 15.2 Å². The number of aromatic amines is 1. The summed E-state index contributed by atoms with van der Waals surface area (Å²) in [6.07, 6.45) is 4.02. The van der Waals surface area contributed by atoms with Crippen LogP contribution in [0.15, 0.2) is 42.2 Å². The summed E-state index contributed by atoms with van der Waals surface area (Å²) in [6, 6.07) is 7.45. The summed E-state index contributed by atoms with van der Waals surface area (Å²) in [5.41, 5.74) is 2.42. The molecule has 3 rings (SSSR count). The van der Waals surface area contributed by atoms with Crippen molar-refractivity contribution >= 4 is 22.7 Å². The van der Waals surface area contributed by atoms with Crippen LogP contribution in [0.3, 0.4) is 0 Å². The van der Waals surface area contributed by atoms with E-state index in [9.17, 15) is 9.59 Å². The Balaban J connectivity index is 1.91. The summed E-state index contributed by atoms with van der Waals surface area (Å²) in [5.74, 6) is -0.294. The average molecular weight is 283 g/mol. The number of piperazine rings is 1. The highest BCUT2D eigenvalue weighted by molar-refractivity contribution is 6.04. The quantitative estimate of drug-likeness (QED) is 0.822. The number of nitrogens with zero attached hydrogens (tertiary/aromatic N) is 1. The molecule has 0 bridgehead atoms. The third-order valence-corrected chi connectivity index (χ3v) is 3.96.